The third kappa shape index (κ3) is 5.24. The van der Waals surface area contributed by atoms with E-state index in [2.05, 4.69) is 36.1 Å². The lowest BCUT2D eigenvalue weighted by Crippen LogP contribution is -2.07. The molecule has 0 bridgehead atoms. The maximum atomic E-state index is 12.1. The van der Waals surface area contributed by atoms with Gasteiger partial charge in [-0.05, 0) is 35.8 Å². The predicted molar refractivity (Wildman–Crippen MR) is 104 cm³/mol. The van der Waals surface area contributed by atoms with Crippen molar-refractivity contribution in [3.63, 3.8) is 0 Å². The molecule has 0 fully saturated rings. The minimum atomic E-state index is 0.0330. The van der Waals surface area contributed by atoms with Gasteiger partial charge in [0.25, 0.3) is 0 Å². The van der Waals surface area contributed by atoms with Crippen LogP contribution in [0.4, 0.5) is 5.69 Å². The van der Waals surface area contributed by atoms with Crippen LogP contribution in [0.25, 0.3) is 6.08 Å². The summed E-state index contributed by atoms with van der Waals surface area (Å²) in [5.41, 5.74) is 4.29. The first-order valence-electron chi connectivity index (χ1n) is 8.35. The largest absolute Gasteiger partial charge is 0.378 e. The number of carbonyl (C=O) groups is 1. The molecular weight excluding hydrogens is 294 g/mol. The van der Waals surface area contributed by atoms with Crippen molar-refractivity contribution in [3.8, 4) is 0 Å². The van der Waals surface area contributed by atoms with Crippen LogP contribution in [-0.2, 0) is 6.42 Å². The lowest BCUT2D eigenvalue weighted by atomic mass is 10.1. The van der Waals surface area contributed by atoms with Crippen LogP contribution in [0.15, 0.2) is 66.8 Å². The van der Waals surface area contributed by atoms with Crippen molar-refractivity contribution in [2.24, 2.45) is 0 Å². The molecule has 2 nitrogen and oxygen atoms in total. The molecule has 0 heterocycles. The SMILES string of the molecule is CCCc1ccc(C(=O)/C=C/C=C/c2ccc(N(C)C)cc2)cc1. The standard InChI is InChI=1S/C22H25NO/c1-4-7-18-10-14-20(15-11-18)22(24)9-6-5-8-19-12-16-21(17-13-19)23(2)3/h5-6,8-17H,4,7H2,1-3H3/b8-5+,9-6+. The fraction of sp³-hybridized carbons (Fsp3) is 0.227. The smallest absolute Gasteiger partial charge is 0.185 e. The van der Waals surface area contributed by atoms with Gasteiger partial charge in [0.05, 0.1) is 0 Å². The summed E-state index contributed by atoms with van der Waals surface area (Å²) in [6.45, 7) is 2.15. The highest BCUT2D eigenvalue weighted by Crippen LogP contribution is 2.13. The summed E-state index contributed by atoms with van der Waals surface area (Å²) in [7, 11) is 4.04. The zero-order valence-electron chi connectivity index (χ0n) is 14.7. The Morgan fingerprint density at radius 3 is 2.21 bits per heavy atom. The molecule has 0 unspecified atom stereocenters. The third-order valence-electron chi connectivity index (χ3n) is 3.83. The number of rotatable bonds is 7. The molecule has 124 valence electrons. The molecule has 0 spiro atoms. The van der Waals surface area contributed by atoms with Crippen LogP contribution in [0, 0.1) is 0 Å². The maximum Gasteiger partial charge on any atom is 0.185 e. The molecule has 0 N–H and O–H groups in total. The summed E-state index contributed by atoms with van der Waals surface area (Å²) >= 11 is 0. The van der Waals surface area contributed by atoms with Gasteiger partial charge in [-0.15, -0.1) is 0 Å². The summed E-state index contributed by atoms with van der Waals surface area (Å²) in [6, 6.07) is 16.2. The highest BCUT2D eigenvalue weighted by Gasteiger charge is 2.00. The second-order valence-corrected chi connectivity index (χ2v) is 6.02. The van der Waals surface area contributed by atoms with Gasteiger partial charge in [0.1, 0.15) is 0 Å². The van der Waals surface area contributed by atoms with Crippen molar-refractivity contribution in [2.75, 3.05) is 19.0 Å². The molecule has 0 aliphatic carbocycles. The van der Waals surface area contributed by atoms with Gasteiger partial charge in [-0.3, -0.25) is 4.79 Å². The van der Waals surface area contributed by atoms with Crippen LogP contribution >= 0.6 is 0 Å². The van der Waals surface area contributed by atoms with E-state index in [1.807, 2.05) is 50.5 Å². The first kappa shape index (κ1) is 17.7. The topological polar surface area (TPSA) is 20.3 Å². The number of benzene rings is 2. The summed E-state index contributed by atoms with van der Waals surface area (Å²) in [5.74, 6) is 0.0330. The first-order chi connectivity index (χ1) is 11.6. The van der Waals surface area contributed by atoms with E-state index in [1.165, 1.54) is 11.3 Å². The van der Waals surface area contributed by atoms with Crippen molar-refractivity contribution < 1.29 is 4.79 Å². The van der Waals surface area contributed by atoms with E-state index in [0.29, 0.717) is 0 Å². The number of allylic oxidation sites excluding steroid dienone is 3. The zero-order valence-corrected chi connectivity index (χ0v) is 14.7. The van der Waals surface area contributed by atoms with Crippen LogP contribution in [0.2, 0.25) is 0 Å². The molecule has 2 rings (SSSR count). The van der Waals surface area contributed by atoms with E-state index in [-0.39, 0.29) is 5.78 Å². The molecule has 2 aromatic rings. The van der Waals surface area contributed by atoms with E-state index >= 15 is 0 Å². The van der Waals surface area contributed by atoms with E-state index in [4.69, 9.17) is 0 Å². The predicted octanol–water partition coefficient (Wildman–Crippen LogP) is 5.16. The Labute approximate surface area is 145 Å². The molecule has 0 aliphatic rings. The number of hydrogen-bond donors (Lipinski definition) is 0. The van der Waals surface area contributed by atoms with Gasteiger partial charge in [0.15, 0.2) is 5.78 Å². The lowest BCUT2D eigenvalue weighted by Gasteiger charge is -2.11. The number of anilines is 1. The average molecular weight is 319 g/mol. The molecule has 0 aliphatic heterocycles. The van der Waals surface area contributed by atoms with Crippen LogP contribution < -0.4 is 4.90 Å². The monoisotopic (exact) mass is 319 g/mol. The third-order valence-corrected chi connectivity index (χ3v) is 3.83. The van der Waals surface area contributed by atoms with Gasteiger partial charge < -0.3 is 4.90 Å². The Hall–Kier alpha value is -2.61. The maximum absolute atomic E-state index is 12.1. The molecular formula is C22H25NO. The molecule has 0 aromatic heterocycles. The fourth-order valence-corrected chi connectivity index (χ4v) is 2.41. The van der Waals surface area contributed by atoms with Gasteiger partial charge in [-0.1, -0.05) is 68.0 Å². The molecule has 0 saturated heterocycles. The summed E-state index contributed by atoms with van der Waals surface area (Å²) in [5, 5.41) is 0. The molecule has 0 saturated carbocycles. The number of aryl methyl sites for hydroxylation is 1. The number of carbonyl (C=O) groups excluding carboxylic acids is 1. The van der Waals surface area contributed by atoms with Crippen molar-refractivity contribution in [3.05, 3.63) is 83.4 Å². The van der Waals surface area contributed by atoms with Crippen molar-refractivity contribution in [1.29, 1.82) is 0 Å². The van der Waals surface area contributed by atoms with Crippen molar-refractivity contribution in [2.45, 2.75) is 19.8 Å². The molecule has 0 atom stereocenters. The number of nitrogens with zero attached hydrogens (tertiary/aromatic N) is 1. The first-order valence-corrected chi connectivity index (χ1v) is 8.35. The fourth-order valence-electron chi connectivity index (χ4n) is 2.41. The van der Waals surface area contributed by atoms with Crippen LogP contribution in [-0.4, -0.2) is 19.9 Å². The van der Waals surface area contributed by atoms with Gasteiger partial charge in [0, 0.05) is 25.3 Å². The Bertz CT molecular complexity index is 707. The van der Waals surface area contributed by atoms with Gasteiger partial charge >= 0.3 is 0 Å². The second kappa shape index (κ2) is 8.88. The average Bonchev–Trinajstić information content (AvgIpc) is 2.60. The molecule has 24 heavy (non-hydrogen) atoms. The van der Waals surface area contributed by atoms with Gasteiger partial charge in [-0.2, -0.15) is 0 Å². The molecule has 2 aromatic carbocycles. The van der Waals surface area contributed by atoms with E-state index in [1.54, 1.807) is 12.2 Å². The van der Waals surface area contributed by atoms with Gasteiger partial charge in [0.2, 0.25) is 0 Å². The Morgan fingerprint density at radius 2 is 1.62 bits per heavy atom. The minimum Gasteiger partial charge on any atom is -0.378 e. The Kier molecular flexibility index (Phi) is 6.56. The summed E-state index contributed by atoms with van der Waals surface area (Å²) < 4.78 is 0. The summed E-state index contributed by atoms with van der Waals surface area (Å²) in [6.07, 6.45) is 9.47. The van der Waals surface area contributed by atoms with E-state index < -0.39 is 0 Å². The Balaban J connectivity index is 1.93. The van der Waals surface area contributed by atoms with Crippen molar-refractivity contribution >= 4 is 17.5 Å². The molecule has 2 heteroatoms. The van der Waals surface area contributed by atoms with Crippen molar-refractivity contribution in [1.82, 2.24) is 0 Å². The van der Waals surface area contributed by atoms with E-state index in [9.17, 15) is 4.79 Å². The lowest BCUT2D eigenvalue weighted by molar-refractivity contribution is 0.104. The summed E-state index contributed by atoms with van der Waals surface area (Å²) in [4.78, 5) is 14.2. The number of hydrogen-bond acceptors (Lipinski definition) is 2. The van der Waals surface area contributed by atoms with Gasteiger partial charge in [-0.25, -0.2) is 0 Å². The number of ketones is 1. The van der Waals surface area contributed by atoms with E-state index in [0.717, 1.165) is 24.0 Å². The normalized spacial score (nSPS) is 11.3. The minimum absolute atomic E-state index is 0.0330. The highest BCUT2D eigenvalue weighted by molar-refractivity contribution is 6.04. The Morgan fingerprint density at radius 1 is 0.958 bits per heavy atom. The highest BCUT2D eigenvalue weighted by atomic mass is 16.1. The van der Waals surface area contributed by atoms with Crippen LogP contribution in [0.5, 0.6) is 0 Å². The molecule has 0 radical (unpaired) electrons. The quantitative estimate of drug-likeness (QED) is 0.399. The zero-order chi connectivity index (χ0) is 17.4. The second-order valence-electron chi connectivity index (χ2n) is 6.02. The molecule has 0 amide bonds. The van der Waals surface area contributed by atoms with Crippen LogP contribution in [0.1, 0.15) is 34.8 Å². The van der Waals surface area contributed by atoms with Crippen LogP contribution in [0.3, 0.4) is 0 Å².